The van der Waals surface area contributed by atoms with Crippen LogP contribution in [0.25, 0.3) is 6.08 Å². The largest absolute Gasteiger partial charge is 0.396 e. The number of aliphatic hydroxyl groups is 1. The Kier molecular flexibility index (Phi) is 8.61. The number of carbonyl (C=O) groups excluding carboxylic acids is 1. The molecule has 2 rings (SSSR count). The van der Waals surface area contributed by atoms with Gasteiger partial charge in [0.25, 0.3) is 0 Å². The average Bonchev–Trinajstić information content (AvgIpc) is 2.67. The third kappa shape index (κ3) is 7.68. The van der Waals surface area contributed by atoms with Gasteiger partial charge in [0.05, 0.1) is 0 Å². The molecule has 0 saturated heterocycles. The molecule has 4 nitrogen and oxygen atoms in total. The van der Waals surface area contributed by atoms with Gasteiger partial charge in [-0.2, -0.15) is 0 Å². The quantitative estimate of drug-likeness (QED) is 0.414. The second-order valence-corrected chi connectivity index (χ2v) is 6.40. The van der Waals surface area contributed by atoms with Gasteiger partial charge in [0.2, 0.25) is 5.91 Å². The van der Waals surface area contributed by atoms with E-state index in [1.54, 1.807) is 18.2 Å². The molecule has 0 bridgehead atoms. The lowest BCUT2D eigenvalue weighted by atomic mass is 10.2. The van der Waals surface area contributed by atoms with E-state index in [1.807, 2.05) is 35.2 Å². The van der Waals surface area contributed by atoms with Crippen molar-refractivity contribution in [1.29, 1.82) is 0 Å². The Labute approximate surface area is 164 Å². The second kappa shape index (κ2) is 11.2. The molecule has 0 aromatic heterocycles. The number of halogens is 1. The minimum Gasteiger partial charge on any atom is -0.396 e. The Morgan fingerprint density at radius 1 is 1.11 bits per heavy atom. The number of aliphatic hydroxyl groups excluding tert-OH is 1. The highest BCUT2D eigenvalue weighted by molar-refractivity contribution is 7.80. The van der Waals surface area contributed by atoms with Crippen molar-refractivity contribution in [2.45, 2.75) is 19.4 Å². The van der Waals surface area contributed by atoms with Gasteiger partial charge in [0, 0.05) is 25.8 Å². The maximum atomic E-state index is 12.9. The number of benzene rings is 2. The fraction of sp³-hybridized carbons (Fsp3) is 0.238. The summed E-state index contributed by atoms with van der Waals surface area (Å²) in [5.41, 5.74) is 1.81. The first kappa shape index (κ1) is 20.7. The Hall–Kier alpha value is -2.57. The van der Waals surface area contributed by atoms with Crippen molar-refractivity contribution >= 4 is 29.3 Å². The molecule has 1 amide bonds. The van der Waals surface area contributed by atoms with Crippen molar-refractivity contribution in [3.05, 3.63) is 77.6 Å². The molecular weight excluding hydrogens is 363 g/mol. The fourth-order valence-corrected chi connectivity index (χ4v) is 2.70. The van der Waals surface area contributed by atoms with Crippen LogP contribution >= 0.6 is 12.2 Å². The van der Waals surface area contributed by atoms with Crippen LogP contribution in [0.2, 0.25) is 0 Å². The molecule has 0 aliphatic heterocycles. The normalized spacial score (nSPS) is 10.7. The number of unbranched alkanes of at least 4 members (excludes halogenated alkanes) is 1. The van der Waals surface area contributed by atoms with Crippen LogP contribution in [-0.4, -0.2) is 34.2 Å². The summed E-state index contributed by atoms with van der Waals surface area (Å²) < 4.78 is 12.9. The fourth-order valence-electron chi connectivity index (χ4n) is 2.44. The topological polar surface area (TPSA) is 52.6 Å². The summed E-state index contributed by atoms with van der Waals surface area (Å²) in [6.07, 6.45) is 4.41. The third-order valence-electron chi connectivity index (χ3n) is 3.87. The number of nitrogens with zero attached hydrogens (tertiary/aromatic N) is 1. The van der Waals surface area contributed by atoms with Crippen LogP contribution in [0.1, 0.15) is 24.0 Å². The Balaban J connectivity index is 1.96. The molecule has 2 N–H and O–H groups in total. The summed E-state index contributed by atoms with van der Waals surface area (Å²) in [5.74, 6) is -0.665. The summed E-state index contributed by atoms with van der Waals surface area (Å²) in [7, 11) is 0. The van der Waals surface area contributed by atoms with E-state index in [0.717, 1.165) is 17.5 Å². The molecule has 0 unspecified atom stereocenters. The molecule has 0 aliphatic carbocycles. The van der Waals surface area contributed by atoms with Crippen molar-refractivity contribution in [1.82, 2.24) is 10.2 Å². The standard InChI is InChI=1S/C21H23FN2O2S/c22-19-11-8-17(9-12-19)10-13-20(26)23-21(27)24(14-4-5-15-25)16-18-6-2-1-3-7-18/h1-3,6-13,25H,4-5,14-16H2,(H,23,26,27)/b13-10+. The van der Waals surface area contributed by atoms with E-state index in [1.165, 1.54) is 18.2 Å². The van der Waals surface area contributed by atoms with Crippen molar-refractivity contribution in [3.63, 3.8) is 0 Å². The first-order valence-corrected chi connectivity index (χ1v) is 9.17. The predicted molar refractivity (Wildman–Crippen MR) is 109 cm³/mol. The van der Waals surface area contributed by atoms with Gasteiger partial charge in [0.1, 0.15) is 5.82 Å². The maximum absolute atomic E-state index is 12.9. The predicted octanol–water partition coefficient (Wildman–Crippen LogP) is 3.51. The highest BCUT2D eigenvalue weighted by Gasteiger charge is 2.12. The molecule has 142 valence electrons. The van der Waals surface area contributed by atoms with Gasteiger partial charge in [-0.05, 0) is 54.4 Å². The Morgan fingerprint density at radius 2 is 1.81 bits per heavy atom. The third-order valence-corrected chi connectivity index (χ3v) is 4.23. The van der Waals surface area contributed by atoms with Crippen LogP contribution in [-0.2, 0) is 11.3 Å². The lowest BCUT2D eigenvalue weighted by Gasteiger charge is -2.25. The summed E-state index contributed by atoms with van der Waals surface area (Å²) in [6, 6.07) is 15.7. The lowest BCUT2D eigenvalue weighted by molar-refractivity contribution is -0.115. The average molecular weight is 386 g/mol. The first-order valence-electron chi connectivity index (χ1n) is 8.77. The van der Waals surface area contributed by atoms with E-state index in [2.05, 4.69) is 5.32 Å². The van der Waals surface area contributed by atoms with Crippen LogP contribution in [0.15, 0.2) is 60.7 Å². The molecule has 0 saturated carbocycles. The lowest BCUT2D eigenvalue weighted by Crippen LogP contribution is -2.42. The minimum absolute atomic E-state index is 0.124. The molecule has 0 radical (unpaired) electrons. The van der Waals surface area contributed by atoms with E-state index in [-0.39, 0.29) is 18.3 Å². The number of nitrogens with one attached hydrogen (secondary N) is 1. The highest BCUT2D eigenvalue weighted by Crippen LogP contribution is 2.07. The molecule has 27 heavy (non-hydrogen) atoms. The molecule has 2 aromatic carbocycles. The van der Waals surface area contributed by atoms with Gasteiger partial charge in [-0.25, -0.2) is 4.39 Å². The van der Waals surface area contributed by atoms with Crippen LogP contribution in [0.3, 0.4) is 0 Å². The van der Waals surface area contributed by atoms with Crippen molar-refractivity contribution in [2.75, 3.05) is 13.2 Å². The molecule has 0 spiro atoms. The van der Waals surface area contributed by atoms with Crippen LogP contribution in [0, 0.1) is 5.82 Å². The van der Waals surface area contributed by atoms with Gasteiger partial charge in [-0.1, -0.05) is 42.5 Å². The zero-order chi connectivity index (χ0) is 19.5. The van der Waals surface area contributed by atoms with Gasteiger partial charge >= 0.3 is 0 Å². The van der Waals surface area contributed by atoms with Crippen LogP contribution < -0.4 is 5.32 Å². The first-order chi connectivity index (χ1) is 13.1. The van der Waals surface area contributed by atoms with E-state index in [9.17, 15) is 9.18 Å². The number of rotatable bonds is 8. The number of carbonyl (C=O) groups is 1. The van der Waals surface area contributed by atoms with E-state index in [0.29, 0.717) is 24.6 Å². The zero-order valence-electron chi connectivity index (χ0n) is 15.0. The van der Waals surface area contributed by atoms with Crippen molar-refractivity contribution < 1.29 is 14.3 Å². The van der Waals surface area contributed by atoms with E-state index >= 15 is 0 Å². The van der Waals surface area contributed by atoms with Crippen LogP contribution in [0.4, 0.5) is 4.39 Å². The van der Waals surface area contributed by atoms with Gasteiger partial charge in [0.15, 0.2) is 5.11 Å². The van der Waals surface area contributed by atoms with Crippen LogP contribution in [0.5, 0.6) is 0 Å². The number of thiocarbonyl (C=S) groups is 1. The Bertz CT molecular complexity index is 764. The molecule has 0 aliphatic rings. The van der Waals surface area contributed by atoms with E-state index < -0.39 is 0 Å². The zero-order valence-corrected chi connectivity index (χ0v) is 15.8. The maximum Gasteiger partial charge on any atom is 0.250 e. The van der Waals surface area contributed by atoms with Crippen molar-refractivity contribution in [3.8, 4) is 0 Å². The molecule has 2 aromatic rings. The molecular formula is C21H23FN2O2S. The summed E-state index contributed by atoms with van der Waals surface area (Å²) in [6.45, 7) is 1.34. The molecule has 6 heteroatoms. The number of amides is 1. The summed E-state index contributed by atoms with van der Waals surface area (Å²) >= 11 is 5.40. The highest BCUT2D eigenvalue weighted by atomic mass is 32.1. The SMILES string of the molecule is O=C(/C=C/c1ccc(F)cc1)NC(=S)N(CCCCO)Cc1ccccc1. The smallest absolute Gasteiger partial charge is 0.250 e. The van der Waals surface area contributed by atoms with Gasteiger partial charge in [-0.15, -0.1) is 0 Å². The number of hydrogen-bond acceptors (Lipinski definition) is 3. The van der Waals surface area contributed by atoms with Crippen molar-refractivity contribution in [2.24, 2.45) is 0 Å². The van der Waals surface area contributed by atoms with E-state index in [4.69, 9.17) is 17.3 Å². The summed E-state index contributed by atoms with van der Waals surface area (Å²) in [4.78, 5) is 14.1. The van der Waals surface area contributed by atoms with Gasteiger partial charge < -0.3 is 10.0 Å². The van der Waals surface area contributed by atoms with Gasteiger partial charge in [-0.3, -0.25) is 10.1 Å². The summed E-state index contributed by atoms with van der Waals surface area (Å²) in [5, 5.41) is 12.0. The molecule has 0 fully saturated rings. The second-order valence-electron chi connectivity index (χ2n) is 6.02. The Morgan fingerprint density at radius 3 is 2.48 bits per heavy atom. The monoisotopic (exact) mass is 386 g/mol. The minimum atomic E-state index is -0.343. The molecule has 0 heterocycles. The molecule has 0 atom stereocenters. The number of hydrogen-bond donors (Lipinski definition) is 2.